The molecular weight excluding hydrogens is 322 g/mol. The van der Waals surface area contributed by atoms with Crippen LogP contribution in [0.2, 0.25) is 0 Å². The summed E-state index contributed by atoms with van der Waals surface area (Å²) >= 11 is 0. The number of anilines is 1. The number of amides is 1. The quantitative estimate of drug-likeness (QED) is 0.738. The average molecular weight is 341 g/mol. The van der Waals surface area contributed by atoms with Gasteiger partial charge in [-0.2, -0.15) is 0 Å². The number of aryl methyl sites for hydroxylation is 3. The molecular formula is C18H19N3O4. The Morgan fingerprint density at radius 2 is 1.68 bits per heavy atom. The first-order valence-corrected chi connectivity index (χ1v) is 8.10. The molecule has 0 aliphatic rings. The van der Waals surface area contributed by atoms with Crippen molar-refractivity contribution >= 4 is 22.6 Å². The minimum absolute atomic E-state index is 0.200. The molecule has 1 N–H and O–H groups in total. The first-order valence-electron chi connectivity index (χ1n) is 8.10. The first kappa shape index (κ1) is 16.8. The Morgan fingerprint density at radius 1 is 1.08 bits per heavy atom. The molecule has 1 aromatic carbocycles. The maximum atomic E-state index is 12.3. The SMILES string of the molecule is CCn1c(=O)c(=O)n(CC)c2cc(NC(=O)c3ccco3)c(C)cc21. The number of hydrogen-bond acceptors (Lipinski definition) is 4. The fourth-order valence-corrected chi connectivity index (χ4v) is 2.92. The van der Waals surface area contributed by atoms with Crippen LogP contribution in [0.3, 0.4) is 0 Å². The van der Waals surface area contributed by atoms with Crippen molar-refractivity contribution in [3.05, 3.63) is 62.6 Å². The van der Waals surface area contributed by atoms with Gasteiger partial charge >= 0.3 is 11.1 Å². The summed E-state index contributed by atoms with van der Waals surface area (Å²) in [5, 5.41) is 2.79. The summed E-state index contributed by atoms with van der Waals surface area (Å²) in [6.45, 7) is 6.22. The number of aromatic nitrogens is 2. The van der Waals surface area contributed by atoms with Crippen LogP contribution in [0.15, 0.2) is 44.5 Å². The van der Waals surface area contributed by atoms with Gasteiger partial charge in [0, 0.05) is 18.8 Å². The van der Waals surface area contributed by atoms with Crippen LogP contribution in [0.1, 0.15) is 30.0 Å². The highest BCUT2D eigenvalue weighted by Gasteiger charge is 2.15. The lowest BCUT2D eigenvalue weighted by Crippen LogP contribution is -2.41. The van der Waals surface area contributed by atoms with E-state index >= 15 is 0 Å². The van der Waals surface area contributed by atoms with E-state index in [1.807, 2.05) is 19.9 Å². The predicted molar refractivity (Wildman–Crippen MR) is 95.2 cm³/mol. The molecule has 0 unspecified atom stereocenters. The second-order valence-corrected chi connectivity index (χ2v) is 5.69. The van der Waals surface area contributed by atoms with Crippen molar-refractivity contribution < 1.29 is 9.21 Å². The number of hydrogen-bond donors (Lipinski definition) is 1. The average Bonchev–Trinajstić information content (AvgIpc) is 3.13. The van der Waals surface area contributed by atoms with Gasteiger partial charge in [0.05, 0.1) is 17.3 Å². The summed E-state index contributed by atoms with van der Waals surface area (Å²) in [7, 11) is 0. The van der Waals surface area contributed by atoms with Crippen molar-refractivity contribution in [1.29, 1.82) is 0 Å². The fraction of sp³-hybridized carbons (Fsp3) is 0.278. The van der Waals surface area contributed by atoms with E-state index < -0.39 is 11.1 Å². The van der Waals surface area contributed by atoms with Gasteiger partial charge < -0.3 is 18.9 Å². The minimum atomic E-state index is -0.566. The lowest BCUT2D eigenvalue weighted by atomic mass is 10.1. The Bertz CT molecular complexity index is 1060. The third-order valence-corrected chi connectivity index (χ3v) is 4.20. The second-order valence-electron chi connectivity index (χ2n) is 5.69. The van der Waals surface area contributed by atoms with Crippen LogP contribution >= 0.6 is 0 Å². The lowest BCUT2D eigenvalue weighted by molar-refractivity contribution is 0.0996. The summed E-state index contributed by atoms with van der Waals surface area (Å²) in [6.07, 6.45) is 1.43. The Kier molecular flexibility index (Phi) is 4.31. The van der Waals surface area contributed by atoms with Crippen LogP contribution in [0.25, 0.3) is 11.0 Å². The van der Waals surface area contributed by atoms with Crippen molar-refractivity contribution in [2.45, 2.75) is 33.9 Å². The van der Waals surface area contributed by atoms with Gasteiger partial charge in [-0.05, 0) is 50.6 Å². The summed E-state index contributed by atoms with van der Waals surface area (Å²) in [5.74, 6) is -0.174. The molecule has 3 aromatic rings. The van der Waals surface area contributed by atoms with Gasteiger partial charge in [0.25, 0.3) is 5.91 Å². The number of carbonyl (C=O) groups excluding carboxylic acids is 1. The number of nitrogens with one attached hydrogen (secondary N) is 1. The standard InChI is InChI=1S/C18H19N3O4/c1-4-20-13-9-11(3)12(19-16(22)15-7-6-8-25-15)10-14(13)21(5-2)18(24)17(20)23/h6-10H,4-5H2,1-3H3,(H,19,22). The van der Waals surface area contributed by atoms with Crippen LogP contribution in [0.4, 0.5) is 5.69 Å². The highest BCUT2D eigenvalue weighted by Crippen LogP contribution is 2.23. The zero-order chi connectivity index (χ0) is 18.1. The molecule has 2 heterocycles. The molecule has 7 nitrogen and oxygen atoms in total. The molecule has 0 radical (unpaired) electrons. The van der Waals surface area contributed by atoms with Crippen LogP contribution in [0.5, 0.6) is 0 Å². The topological polar surface area (TPSA) is 86.2 Å². The molecule has 0 bridgehead atoms. The Labute approximate surface area is 143 Å². The molecule has 2 aromatic heterocycles. The van der Waals surface area contributed by atoms with Crippen molar-refractivity contribution in [2.24, 2.45) is 0 Å². The minimum Gasteiger partial charge on any atom is -0.459 e. The first-order chi connectivity index (χ1) is 12.0. The number of nitrogens with zero attached hydrogens (tertiary/aromatic N) is 2. The smallest absolute Gasteiger partial charge is 0.316 e. The largest absolute Gasteiger partial charge is 0.459 e. The molecule has 3 rings (SSSR count). The molecule has 1 amide bonds. The van der Waals surface area contributed by atoms with E-state index in [1.54, 1.807) is 25.1 Å². The molecule has 130 valence electrons. The highest BCUT2D eigenvalue weighted by molar-refractivity contribution is 6.03. The van der Waals surface area contributed by atoms with Gasteiger partial charge in [-0.15, -0.1) is 0 Å². The van der Waals surface area contributed by atoms with Gasteiger partial charge in [-0.25, -0.2) is 0 Å². The van der Waals surface area contributed by atoms with Gasteiger partial charge in [-0.1, -0.05) is 0 Å². The predicted octanol–water partition coefficient (Wildman–Crippen LogP) is 2.36. The fourth-order valence-electron chi connectivity index (χ4n) is 2.92. The Hall–Kier alpha value is -3.09. The van der Waals surface area contributed by atoms with Crippen LogP contribution in [0, 0.1) is 6.92 Å². The molecule has 0 aliphatic carbocycles. The van der Waals surface area contributed by atoms with Crippen LogP contribution < -0.4 is 16.4 Å². The molecule has 0 spiro atoms. The number of benzene rings is 1. The van der Waals surface area contributed by atoms with Crippen LogP contribution in [-0.4, -0.2) is 15.0 Å². The monoisotopic (exact) mass is 341 g/mol. The molecule has 7 heteroatoms. The zero-order valence-corrected chi connectivity index (χ0v) is 14.3. The number of carbonyl (C=O) groups is 1. The van der Waals surface area contributed by atoms with E-state index in [4.69, 9.17) is 4.42 Å². The third-order valence-electron chi connectivity index (χ3n) is 4.20. The second kappa shape index (κ2) is 6.43. The number of furan rings is 1. The molecule has 0 atom stereocenters. The Balaban J connectivity index is 2.21. The van der Waals surface area contributed by atoms with Gasteiger partial charge in [-0.3, -0.25) is 14.4 Å². The highest BCUT2D eigenvalue weighted by atomic mass is 16.3. The molecule has 25 heavy (non-hydrogen) atoms. The van der Waals surface area contributed by atoms with Crippen molar-refractivity contribution in [3.8, 4) is 0 Å². The zero-order valence-electron chi connectivity index (χ0n) is 14.3. The van der Waals surface area contributed by atoms with E-state index in [2.05, 4.69) is 5.32 Å². The summed E-state index contributed by atoms with van der Waals surface area (Å²) in [6, 6.07) is 6.74. The van der Waals surface area contributed by atoms with Gasteiger partial charge in [0.2, 0.25) is 0 Å². The van der Waals surface area contributed by atoms with E-state index in [9.17, 15) is 14.4 Å². The van der Waals surface area contributed by atoms with Crippen molar-refractivity contribution in [3.63, 3.8) is 0 Å². The molecule has 0 saturated heterocycles. The maximum Gasteiger partial charge on any atom is 0.316 e. The van der Waals surface area contributed by atoms with Gasteiger partial charge in [0.15, 0.2) is 5.76 Å². The van der Waals surface area contributed by atoms with E-state index in [-0.39, 0.29) is 11.7 Å². The van der Waals surface area contributed by atoms with E-state index in [1.165, 1.54) is 15.4 Å². The maximum absolute atomic E-state index is 12.3. The van der Waals surface area contributed by atoms with Gasteiger partial charge in [0.1, 0.15) is 0 Å². The summed E-state index contributed by atoms with van der Waals surface area (Å²) in [5.41, 5.74) is 1.52. The van der Waals surface area contributed by atoms with E-state index in [0.29, 0.717) is 29.8 Å². The lowest BCUT2D eigenvalue weighted by Gasteiger charge is -2.16. The van der Waals surface area contributed by atoms with Crippen molar-refractivity contribution in [1.82, 2.24) is 9.13 Å². The molecule has 0 saturated carbocycles. The number of rotatable bonds is 4. The summed E-state index contributed by atoms with van der Waals surface area (Å²) < 4.78 is 7.97. The molecule has 0 fully saturated rings. The summed E-state index contributed by atoms with van der Waals surface area (Å²) in [4.78, 5) is 36.8. The van der Waals surface area contributed by atoms with Crippen molar-refractivity contribution in [2.75, 3.05) is 5.32 Å². The Morgan fingerprint density at radius 3 is 2.20 bits per heavy atom. The normalized spacial score (nSPS) is 11.0. The number of fused-ring (bicyclic) bond motifs is 1. The molecule has 0 aliphatic heterocycles. The van der Waals surface area contributed by atoms with Crippen LogP contribution in [-0.2, 0) is 13.1 Å². The van der Waals surface area contributed by atoms with E-state index in [0.717, 1.165) is 5.56 Å². The third kappa shape index (κ3) is 2.77.